The smallest absolute Gasteiger partial charge is 0.312 e. The summed E-state index contributed by atoms with van der Waals surface area (Å²) in [6.45, 7) is 5.77. The summed E-state index contributed by atoms with van der Waals surface area (Å²) in [4.78, 5) is 28.9. The van der Waals surface area contributed by atoms with E-state index in [1.807, 2.05) is 45.0 Å². The summed E-state index contributed by atoms with van der Waals surface area (Å²) in [6, 6.07) is 6.44. The Labute approximate surface area is 139 Å². The maximum absolute atomic E-state index is 12.3. The van der Waals surface area contributed by atoms with E-state index in [1.165, 1.54) is 11.3 Å². The van der Waals surface area contributed by atoms with Crippen molar-refractivity contribution in [3.05, 3.63) is 46.0 Å². The Morgan fingerprint density at radius 2 is 1.96 bits per heavy atom. The number of rotatable bonds is 5. The van der Waals surface area contributed by atoms with Crippen LogP contribution in [0.15, 0.2) is 24.3 Å². The standard InChI is InChI=1S/C16H20N4O2S/c1-9-6-4-5-7-12(9)13(19-15(17)22)8-14(21)20-16-18-10(2)11(3)23-16/h4-7,13H,8H2,1-3H3,(H3,17,19,22)(H,18,20,21). The molecular weight excluding hydrogens is 312 g/mol. The van der Waals surface area contributed by atoms with Crippen molar-refractivity contribution in [2.75, 3.05) is 5.32 Å². The number of benzene rings is 1. The molecule has 6 nitrogen and oxygen atoms in total. The highest BCUT2D eigenvalue weighted by molar-refractivity contribution is 7.15. The molecule has 0 fully saturated rings. The third-order valence-electron chi connectivity index (χ3n) is 3.54. The fraction of sp³-hybridized carbons (Fsp3) is 0.312. The highest BCUT2D eigenvalue weighted by Gasteiger charge is 2.19. The predicted octanol–water partition coefficient (Wildman–Crippen LogP) is 2.81. The number of aryl methyl sites for hydroxylation is 3. The van der Waals surface area contributed by atoms with Gasteiger partial charge in [0.1, 0.15) is 0 Å². The summed E-state index contributed by atoms with van der Waals surface area (Å²) in [7, 11) is 0. The number of thiazole rings is 1. The molecule has 3 amide bonds. The number of urea groups is 1. The summed E-state index contributed by atoms with van der Waals surface area (Å²) in [6.07, 6.45) is 0.0888. The van der Waals surface area contributed by atoms with Crippen LogP contribution in [-0.4, -0.2) is 16.9 Å². The average molecular weight is 332 g/mol. The second-order valence-electron chi connectivity index (χ2n) is 5.33. The third-order valence-corrected chi connectivity index (χ3v) is 4.53. The molecule has 0 saturated heterocycles. The first-order valence-corrected chi connectivity index (χ1v) is 8.04. The number of amides is 3. The minimum Gasteiger partial charge on any atom is -0.352 e. The van der Waals surface area contributed by atoms with E-state index in [2.05, 4.69) is 15.6 Å². The zero-order valence-corrected chi connectivity index (χ0v) is 14.2. The van der Waals surface area contributed by atoms with Gasteiger partial charge in [0.15, 0.2) is 5.13 Å². The van der Waals surface area contributed by atoms with Gasteiger partial charge in [-0.05, 0) is 31.9 Å². The largest absolute Gasteiger partial charge is 0.352 e. The van der Waals surface area contributed by atoms with E-state index in [4.69, 9.17) is 5.73 Å². The highest BCUT2D eigenvalue weighted by atomic mass is 32.1. The lowest BCUT2D eigenvalue weighted by Gasteiger charge is -2.19. The molecule has 122 valence electrons. The van der Waals surface area contributed by atoms with Crippen molar-refractivity contribution in [2.24, 2.45) is 5.73 Å². The number of aromatic nitrogens is 1. The lowest BCUT2D eigenvalue weighted by molar-refractivity contribution is -0.116. The van der Waals surface area contributed by atoms with E-state index in [1.54, 1.807) is 0 Å². The van der Waals surface area contributed by atoms with Crippen LogP contribution in [0.5, 0.6) is 0 Å². The van der Waals surface area contributed by atoms with E-state index in [0.29, 0.717) is 5.13 Å². The molecule has 2 rings (SSSR count). The van der Waals surface area contributed by atoms with Gasteiger partial charge in [-0.3, -0.25) is 4.79 Å². The zero-order valence-electron chi connectivity index (χ0n) is 13.3. The number of anilines is 1. The lowest BCUT2D eigenvalue weighted by atomic mass is 9.98. The van der Waals surface area contributed by atoms with Crippen molar-refractivity contribution in [1.29, 1.82) is 0 Å². The Balaban J connectivity index is 2.12. The topological polar surface area (TPSA) is 97.1 Å². The molecule has 1 unspecified atom stereocenters. The number of nitrogens with one attached hydrogen (secondary N) is 2. The van der Waals surface area contributed by atoms with E-state index >= 15 is 0 Å². The predicted molar refractivity (Wildman–Crippen MR) is 91.5 cm³/mol. The Hall–Kier alpha value is -2.41. The van der Waals surface area contributed by atoms with E-state index < -0.39 is 12.1 Å². The minimum absolute atomic E-state index is 0.0888. The van der Waals surface area contributed by atoms with Crippen LogP contribution in [0, 0.1) is 20.8 Å². The van der Waals surface area contributed by atoms with Crippen molar-refractivity contribution in [3.63, 3.8) is 0 Å². The molecule has 0 saturated carbocycles. The maximum Gasteiger partial charge on any atom is 0.312 e. The van der Waals surface area contributed by atoms with Gasteiger partial charge in [-0.15, -0.1) is 11.3 Å². The first-order valence-electron chi connectivity index (χ1n) is 7.22. The van der Waals surface area contributed by atoms with E-state index in [0.717, 1.165) is 21.7 Å². The molecule has 2 aromatic rings. The van der Waals surface area contributed by atoms with Crippen molar-refractivity contribution < 1.29 is 9.59 Å². The fourth-order valence-electron chi connectivity index (χ4n) is 2.27. The molecule has 23 heavy (non-hydrogen) atoms. The molecule has 0 spiro atoms. The van der Waals surface area contributed by atoms with E-state index in [-0.39, 0.29) is 12.3 Å². The Kier molecular flexibility index (Phi) is 5.33. The van der Waals surface area contributed by atoms with Crippen molar-refractivity contribution in [2.45, 2.75) is 33.2 Å². The maximum atomic E-state index is 12.3. The van der Waals surface area contributed by atoms with Gasteiger partial charge in [0, 0.05) is 4.88 Å². The molecule has 1 aromatic carbocycles. The van der Waals surface area contributed by atoms with Gasteiger partial charge < -0.3 is 16.4 Å². The Morgan fingerprint density at radius 1 is 1.26 bits per heavy atom. The summed E-state index contributed by atoms with van der Waals surface area (Å²) in [5.41, 5.74) is 7.99. The van der Waals surface area contributed by atoms with Gasteiger partial charge >= 0.3 is 6.03 Å². The quantitative estimate of drug-likeness (QED) is 0.785. The van der Waals surface area contributed by atoms with E-state index in [9.17, 15) is 9.59 Å². The van der Waals surface area contributed by atoms with Gasteiger partial charge in [-0.25, -0.2) is 9.78 Å². The summed E-state index contributed by atoms with van der Waals surface area (Å²) >= 11 is 1.43. The number of hydrogen-bond donors (Lipinski definition) is 3. The van der Waals surface area contributed by atoms with Crippen molar-refractivity contribution in [3.8, 4) is 0 Å². The van der Waals surface area contributed by atoms with Crippen LogP contribution in [0.2, 0.25) is 0 Å². The van der Waals surface area contributed by atoms with Crippen LogP contribution >= 0.6 is 11.3 Å². The number of carbonyl (C=O) groups excluding carboxylic acids is 2. The van der Waals surface area contributed by atoms with Crippen molar-refractivity contribution >= 4 is 28.4 Å². The van der Waals surface area contributed by atoms with Crippen LogP contribution in [0.4, 0.5) is 9.93 Å². The summed E-state index contributed by atoms with van der Waals surface area (Å²) in [5.74, 6) is -0.222. The van der Waals surface area contributed by atoms with Gasteiger partial charge in [0.25, 0.3) is 0 Å². The molecular formula is C16H20N4O2S. The molecule has 4 N–H and O–H groups in total. The minimum atomic E-state index is -0.660. The molecule has 1 atom stereocenters. The summed E-state index contributed by atoms with van der Waals surface area (Å²) < 4.78 is 0. The van der Waals surface area contributed by atoms with Gasteiger partial charge in [-0.1, -0.05) is 24.3 Å². The average Bonchev–Trinajstić information content (AvgIpc) is 2.76. The number of primary amides is 1. The lowest BCUT2D eigenvalue weighted by Crippen LogP contribution is -2.35. The molecule has 0 radical (unpaired) electrons. The van der Waals surface area contributed by atoms with Gasteiger partial charge in [0.2, 0.25) is 5.91 Å². The van der Waals surface area contributed by atoms with Crippen LogP contribution in [0.3, 0.4) is 0 Å². The van der Waals surface area contributed by atoms with Crippen LogP contribution in [0.25, 0.3) is 0 Å². The van der Waals surface area contributed by atoms with Gasteiger partial charge in [0.05, 0.1) is 18.2 Å². The SMILES string of the molecule is Cc1ccccc1C(CC(=O)Nc1nc(C)c(C)s1)NC(N)=O. The molecule has 1 aromatic heterocycles. The molecule has 0 aliphatic rings. The fourth-order valence-corrected chi connectivity index (χ4v) is 3.10. The monoisotopic (exact) mass is 332 g/mol. The number of hydrogen-bond acceptors (Lipinski definition) is 4. The molecule has 7 heteroatoms. The Morgan fingerprint density at radius 3 is 2.52 bits per heavy atom. The third kappa shape index (κ3) is 4.53. The first-order chi connectivity index (χ1) is 10.9. The first kappa shape index (κ1) is 17.0. The molecule has 1 heterocycles. The van der Waals surface area contributed by atoms with Crippen LogP contribution in [-0.2, 0) is 4.79 Å². The second-order valence-corrected chi connectivity index (χ2v) is 6.53. The number of carbonyl (C=O) groups is 2. The van der Waals surface area contributed by atoms with Crippen molar-refractivity contribution in [1.82, 2.24) is 10.3 Å². The van der Waals surface area contributed by atoms with Crippen LogP contribution in [0.1, 0.15) is 34.2 Å². The normalized spacial score (nSPS) is 11.8. The zero-order chi connectivity index (χ0) is 17.0. The number of nitrogens with zero attached hydrogens (tertiary/aromatic N) is 1. The molecule has 0 aliphatic carbocycles. The van der Waals surface area contributed by atoms with Gasteiger partial charge in [-0.2, -0.15) is 0 Å². The molecule has 0 bridgehead atoms. The second kappa shape index (κ2) is 7.23. The highest BCUT2D eigenvalue weighted by Crippen LogP contribution is 2.24. The Bertz CT molecular complexity index is 707. The van der Waals surface area contributed by atoms with Crippen LogP contribution < -0.4 is 16.4 Å². The number of nitrogens with two attached hydrogens (primary N) is 1. The summed E-state index contributed by atoms with van der Waals surface area (Å²) in [5, 5.41) is 5.97. The molecule has 0 aliphatic heterocycles.